The van der Waals surface area contributed by atoms with Crippen molar-refractivity contribution < 1.29 is 23.9 Å². The fourth-order valence-electron chi connectivity index (χ4n) is 3.38. The first-order chi connectivity index (χ1) is 14.3. The van der Waals surface area contributed by atoms with Crippen LogP contribution >= 0.6 is 22.9 Å². The highest BCUT2D eigenvalue weighted by molar-refractivity contribution is 7.18. The molecule has 10 heteroatoms. The van der Waals surface area contributed by atoms with Gasteiger partial charge >= 0.3 is 6.09 Å². The molecule has 0 saturated carbocycles. The maximum Gasteiger partial charge on any atom is 0.415 e. The number of halogens is 1. The quantitative estimate of drug-likeness (QED) is 0.758. The Bertz CT molecular complexity index is 979. The SMILES string of the molecule is C[C@]1(CNC(=O)c2ccc(Cl)s2)CN(c2ccc(N3CCOCC3=O)cc2)C(=O)O1. The number of hydrogen-bond acceptors (Lipinski definition) is 6. The molecule has 30 heavy (non-hydrogen) atoms. The maximum atomic E-state index is 12.4. The molecule has 4 rings (SSSR count). The summed E-state index contributed by atoms with van der Waals surface area (Å²) in [6.07, 6.45) is -0.485. The number of anilines is 2. The normalized spacial score (nSPS) is 21.7. The van der Waals surface area contributed by atoms with Gasteiger partial charge in [0.05, 0.1) is 28.9 Å². The van der Waals surface area contributed by atoms with Crippen molar-refractivity contribution in [1.29, 1.82) is 0 Å². The van der Waals surface area contributed by atoms with Gasteiger partial charge in [-0.25, -0.2) is 4.79 Å². The van der Waals surface area contributed by atoms with Crippen LogP contribution in [0, 0.1) is 0 Å². The number of cyclic esters (lactones) is 1. The van der Waals surface area contributed by atoms with Crippen LogP contribution in [0.2, 0.25) is 4.34 Å². The van der Waals surface area contributed by atoms with Crippen molar-refractivity contribution in [1.82, 2.24) is 5.32 Å². The Morgan fingerprint density at radius 3 is 2.50 bits per heavy atom. The lowest BCUT2D eigenvalue weighted by molar-refractivity contribution is -0.125. The number of carbonyl (C=O) groups is 3. The minimum atomic E-state index is -0.868. The van der Waals surface area contributed by atoms with Crippen LogP contribution in [0.3, 0.4) is 0 Å². The molecule has 2 aliphatic heterocycles. The third-order valence-electron chi connectivity index (χ3n) is 4.93. The summed E-state index contributed by atoms with van der Waals surface area (Å²) in [6, 6.07) is 10.5. The number of nitrogens with zero attached hydrogens (tertiary/aromatic N) is 2. The number of amides is 3. The number of nitrogens with one attached hydrogen (secondary N) is 1. The minimum Gasteiger partial charge on any atom is -0.439 e. The first-order valence-electron chi connectivity index (χ1n) is 9.37. The Morgan fingerprint density at radius 2 is 1.87 bits per heavy atom. The molecule has 8 nitrogen and oxygen atoms in total. The Labute approximate surface area is 182 Å². The Morgan fingerprint density at radius 1 is 1.17 bits per heavy atom. The lowest BCUT2D eigenvalue weighted by Crippen LogP contribution is -2.43. The predicted octanol–water partition coefficient (Wildman–Crippen LogP) is 2.91. The molecule has 3 amide bonds. The van der Waals surface area contributed by atoms with E-state index in [4.69, 9.17) is 21.1 Å². The molecule has 0 unspecified atom stereocenters. The van der Waals surface area contributed by atoms with E-state index in [2.05, 4.69) is 5.32 Å². The van der Waals surface area contributed by atoms with Crippen LogP contribution in [0.1, 0.15) is 16.6 Å². The zero-order chi connectivity index (χ0) is 21.3. The van der Waals surface area contributed by atoms with E-state index >= 15 is 0 Å². The molecule has 2 fully saturated rings. The maximum absolute atomic E-state index is 12.4. The highest BCUT2D eigenvalue weighted by Crippen LogP contribution is 2.30. The zero-order valence-electron chi connectivity index (χ0n) is 16.2. The van der Waals surface area contributed by atoms with Gasteiger partial charge in [0.2, 0.25) is 0 Å². The number of benzene rings is 1. The molecule has 2 aromatic rings. The van der Waals surface area contributed by atoms with E-state index in [1.807, 2.05) is 0 Å². The van der Waals surface area contributed by atoms with Crippen LogP contribution in [0.25, 0.3) is 0 Å². The van der Waals surface area contributed by atoms with Gasteiger partial charge in [0, 0.05) is 17.9 Å². The van der Waals surface area contributed by atoms with Crippen LogP contribution in [0.15, 0.2) is 36.4 Å². The minimum absolute atomic E-state index is 0.0714. The molecule has 1 N–H and O–H groups in total. The fraction of sp³-hybridized carbons (Fsp3) is 0.350. The summed E-state index contributed by atoms with van der Waals surface area (Å²) in [4.78, 5) is 40.3. The van der Waals surface area contributed by atoms with Gasteiger partial charge in [-0.05, 0) is 43.3 Å². The Balaban J connectivity index is 1.40. The van der Waals surface area contributed by atoms with Crippen molar-refractivity contribution in [3.05, 3.63) is 45.6 Å². The van der Waals surface area contributed by atoms with E-state index in [0.717, 1.165) is 5.69 Å². The molecular weight excluding hydrogens is 430 g/mol. The molecule has 3 heterocycles. The van der Waals surface area contributed by atoms with Gasteiger partial charge < -0.3 is 19.7 Å². The van der Waals surface area contributed by atoms with Crippen LogP contribution in [-0.2, 0) is 14.3 Å². The van der Waals surface area contributed by atoms with Gasteiger partial charge in [-0.3, -0.25) is 14.5 Å². The molecule has 1 aromatic heterocycles. The zero-order valence-corrected chi connectivity index (χ0v) is 17.8. The first-order valence-corrected chi connectivity index (χ1v) is 10.6. The van der Waals surface area contributed by atoms with Crippen LogP contribution in [0.5, 0.6) is 0 Å². The number of ether oxygens (including phenoxy) is 2. The van der Waals surface area contributed by atoms with Crippen LogP contribution in [-0.4, -0.2) is 56.4 Å². The molecular formula is C20H20ClN3O5S. The summed E-state index contributed by atoms with van der Waals surface area (Å²) in [5, 5.41) is 2.80. The smallest absolute Gasteiger partial charge is 0.415 e. The van der Waals surface area contributed by atoms with E-state index in [1.54, 1.807) is 48.2 Å². The van der Waals surface area contributed by atoms with Gasteiger partial charge in [-0.1, -0.05) is 11.6 Å². The van der Waals surface area contributed by atoms with Crippen molar-refractivity contribution in [2.75, 3.05) is 42.6 Å². The molecule has 0 spiro atoms. The van der Waals surface area contributed by atoms with E-state index in [-0.39, 0.29) is 31.5 Å². The summed E-state index contributed by atoms with van der Waals surface area (Å²) in [6.45, 7) is 3.29. The van der Waals surface area contributed by atoms with Gasteiger partial charge in [0.1, 0.15) is 12.2 Å². The average molecular weight is 450 g/mol. The molecule has 1 atom stereocenters. The van der Waals surface area contributed by atoms with Crippen molar-refractivity contribution >= 4 is 52.2 Å². The van der Waals surface area contributed by atoms with E-state index in [0.29, 0.717) is 28.1 Å². The molecule has 0 aliphatic carbocycles. The van der Waals surface area contributed by atoms with Crippen LogP contribution < -0.4 is 15.1 Å². The Kier molecular flexibility index (Phi) is 5.68. The average Bonchev–Trinajstić information content (AvgIpc) is 3.30. The molecule has 2 aliphatic rings. The predicted molar refractivity (Wildman–Crippen MR) is 114 cm³/mol. The third kappa shape index (κ3) is 4.28. The standard InChI is InChI=1S/C20H20ClN3O5S/c1-20(11-22-18(26)15-6-7-16(21)30-15)12-24(19(27)29-20)14-4-2-13(3-5-14)23-8-9-28-10-17(23)25/h2-7H,8-12H2,1H3,(H,22,26)/t20-/m0/s1. The van der Waals surface area contributed by atoms with Crippen molar-refractivity contribution in [3.63, 3.8) is 0 Å². The first kappa shape index (κ1) is 20.6. The van der Waals surface area contributed by atoms with Crippen molar-refractivity contribution in [2.24, 2.45) is 0 Å². The molecule has 0 bridgehead atoms. The lowest BCUT2D eigenvalue weighted by atomic mass is 10.1. The second-order valence-electron chi connectivity index (χ2n) is 7.30. The Hall–Kier alpha value is -2.62. The van der Waals surface area contributed by atoms with Gasteiger partial charge in [-0.2, -0.15) is 0 Å². The summed E-state index contributed by atoms with van der Waals surface area (Å²) in [7, 11) is 0. The molecule has 2 saturated heterocycles. The van der Waals surface area contributed by atoms with E-state index < -0.39 is 11.7 Å². The summed E-state index contributed by atoms with van der Waals surface area (Å²) >= 11 is 7.06. The van der Waals surface area contributed by atoms with Gasteiger partial charge in [0.15, 0.2) is 0 Å². The summed E-state index contributed by atoms with van der Waals surface area (Å²) in [5.41, 5.74) is 0.543. The molecule has 158 valence electrons. The second-order valence-corrected chi connectivity index (χ2v) is 9.02. The van der Waals surface area contributed by atoms with E-state index in [9.17, 15) is 14.4 Å². The van der Waals surface area contributed by atoms with Gasteiger partial charge in [-0.15, -0.1) is 11.3 Å². The number of morpholine rings is 1. The topological polar surface area (TPSA) is 88.2 Å². The summed E-state index contributed by atoms with van der Waals surface area (Å²) in [5.74, 6) is -0.355. The van der Waals surface area contributed by atoms with Crippen molar-refractivity contribution in [2.45, 2.75) is 12.5 Å². The van der Waals surface area contributed by atoms with Gasteiger partial charge in [0.25, 0.3) is 11.8 Å². The third-order valence-corrected chi connectivity index (χ3v) is 6.16. The monoisotopic (exact) mass is 449 g/mol. The highest BCUT2D eigenvalue weighted by atomic mass is 35.5. The molecule has 0 radical (unpaired) electrons. The lowest BCUT2D eigenvalue weighted by Gasteiger charge is -2.27. The summed E-state index contributed by atoms with van der Waals surface area (Å²) < 4.78 is 11.2. The second kappa shape index (κ2) is 8.25. The van der Waals surface area contributed by atoms with E-state index in [1.165, 1.54) is 16.2 Å². The number of hydrogen-bond donors (Lipinski definition) is 1. The number of rotatable bonds is 5. The molecule has 1 aromatic carbocycles. The number of thiophene rings is 1. The largest absolute Gasteiger partial charge is 0.439 e. The fourth-order valence-corrected chi connectivity index (χ4v) is 4.34. The number of carbonyl (C=O) groups excluding carboxylic acids is 3. The highest BCUT2D eigenvalue weighted by Gasteiger charge is 2.42. The van der Waals surface area contributed by atoms with Crippen molar-refractivity contribution in [3.8, 4) is 0 Å². The van der Waals surface area contributed by atoms with Crippen LogP contribution in [0.4, 0.5) is 16.2 Å².